The van der Waals surface area contributed by atoms with Crippen LogP contribution >= 0.6 is 0 Å². The third kappa shape index (κ3) is 4.11. The van der Waals surface area contributed by atoms with Gasteiger partial charge in [-0.25, -0.2) is 0 Å². The number of ether oxygens (including phenoxy) is 1. The van der Waals surface area contributed by atoms with Crippen LogP contribution in [0.5, 0.6) is 5.75 Å². The molecule has 0 radical (unpaired) electrons. The lowest BCUT2D eigenvalue weighted by molar-refractivity contribution is 0.102. The maximum absolute atomic E-state index is 13.1. The molecular formula is C25H30N2O3. The molecule has 3 aromatic rings. The Morgan fingerprint density at radius 1 is 0.967 bits per heavy atom. The van der Waals surface area contributed by atoms with E-state index in [2.05, 4.69) is 57.9 Å². The van der Waals surface area contributed by atoms with Crippen LogP contribution in [-0.4, -0.2) is 18.0 Å². The van der Waals surface area contributed by atoms with E-state index in [9.17, 15) is 9.59 Å². The number of aromatic nitrogens is 1. The fourth-order valence-corrected chi connectivity index (χ4v) is 3.58. The molecule has 0 atom stereocenters. The van der Waals surface area contributed by atoms with Crippen LogP contribution in [0, 0.1) is 0 Å². The maximum atomic E-state index is 13.1. The van der Waals surface area contributed by atoms with Crippen molar-refractivity contribution in [1.29, 1.82) is 0 Å². The summed E-state index contributed by atoms with van der Waals surface area (Å²) in [5, 5.41) is 3.44. The first-order chi connectivity index (χ1) is 13.9. The Labute approximate surface area is 177 Å². The van der Waals surface area contributed by atoms with E-state index >= 15 is 0 Å². The lowest BCUT2D eigenvalue weighted by Gasteiger charge is -2.29. The molecule has 0 saturated carbocycles. The van der Waals surface area contributed by atoms with Gasteiger partial charge in [0.2, 0.25) is 5.43 Å². The van der Waals surface area contributed by atoms with Crippen molar-refractivity contribution >= 4 is 22.5 Å². The van der Waals surface area contributed by atoms with Crippen LogP contribution in [-0.2, 0) is 10.8 Å². The van der Waals surface area contributed by atoms with Crippen LogP contribution in [0.1, 0.15) is 63.0 Å². The van der Waals surface area contributed by atoms with Crippen LogP contribution in [0.25, 0.3) is 10.9 Å². The highest BCUT2D eigenvalue weighted by Crippen LogP contribution is 2.40. The Hall–Kier alpha value is -3.08. The Morgan fingerprint density at radius 2 is 1.60 bits per heavy atom. The molecule has 0 spiro atoms. The molecule has 2 aromatic carbocycles. The zero-order valence-corrected chi connectivity index (χ0v) is 18.8. The highest BCUT2D eigenvalue weighted by atomic mass is 16.5. The molecule has 0 aliphatic heterocycles. The largest absolute Gasteiger partial charge is 0.496 e. The molecule has 1 amide bonds. The average Bonchev–Trinajstić information content (AvgIpc) is 2.66. The Bertz CT molecular complexity index is 1160. The number of carbonyl (C=O) groups is 1. The number of aromatic amines is 1. The molecule has 30 heavy (non-hydrogen) atoms. The molecule has 0 fully saturated rings. The molecule has 3 rings (SSSR count). The summed E-state index contributed by atoms with van der Waals surface area (Å²) in [5.74, 6) is 0.260. The summed E-state index contributed by atoms with van der Waals surface area (Å²) >= 11 is 0. The van der Waals surface area contributed by atoms with Crippen LogP contribution in [0.4, 0.5) is 5.69 Å². The van der Waals surface area contributed by atoms with Gasteiger partial charge in [-0.05, 0) is 40.2 Å². The minimum atomic E-state index is -0.446. The summed E-state index contributed by atoms with van der Waals surface area (Å²) in [5.41, 5.74) is 2.84. The second kappa shape index (κ2) is 7.63. The van der Waals surface area contributed by atoms with Crippen LogP contribution < -0.4 is 15.5 Å². The van der Waals surface area contributed by atoms with Gasteiger partial charge in [-0.2, -0.15) is 0 Å². The van der Waals surface area contributed by atoms with Gasteiger partial charge in [0.15, 0.2) is 0 Å². The van der Waals surface area contributed by atoms with E-state index in [4.69, 9.17) is 4.74 Å². The van der Waals surface area contributed by atoms with Gasteiger partial charge in [0.25, 0.3) is 5.91 Å². The Kier molecular flexibility index (Phi) is 5.50. The van der Waals surface area contributed by atoms with Gasteiger partial charge in [0.05, 0.1) is 7.11 Å². The topological polar surface area (TPSA) is 71.2 Å². The minimum absolute atomic E-state index is 0.0763. The number of methoxy groups -OCH3 is 1. The summed E-state index contributed by atoms with van der Waals surface area (Å²) in [7, 11) is 1.63. The number of benzene rings is 2. The van der Waals surface area contributed by atoms with Gasteiger partial charge in [-0.15, -0.1) is 0 Å². The highest BCUT2D eigenvalue weighted by Gasteiger charge is 2.27. The molecular weight excluding hydrogens is 376 g/mol. The number of anilines is 1. The van der Waals surface area contributed by atoms with E-state index in [1.54, 1.807) is 19.2 Å². The monoisotopic (exact) mass is 406 g/mol. The fraction of sp³-hybridized carbons (Fsp3) is 0.360. The second-order valence-electron chi connectivity index (χ2n) is 9.63. The molecule has 1 heterocycles. The van der Waals surface area contributed by atoms with Crippen molar-refractivity contribution in [2.24, 2.45) is 0 Å². The first-order valence-corrected chi connectivity index (χ1v) is 10.1. The number of para-hydroxylation sites is 1. The Morgan fingerprint density at radius 3 is 2.20 bits per heavy atom. The van der Waals surface area contributed by atoms with Gasteiger partial charge in [0, 0.05) is 28.9 Å². The maximum Gasteiger partial charge on any atom is 0.261 e. The van der Waals surface area contributed by atoms with E-state index in [0.717, 1.165) is 11.1 Å². The van der Waals surface area contributed by atoms with E-state index < -0.39 is 5.91 Å². The van der Waals surface area contributed by atoms with Gasteiger partial charge >= 0.3 is 0 Å². The standard InChI is InChI=1S/C25H30N2O3/c1-24(2,3)17-12-18(25(4,5)6)21(30-7)13-20(17)27-23(29)16-14-26-19-11-9-8-10-15(19)22(16)28/h8-14H,1-7H3,(H,26,28)(H,27,29). The normalized spacial score (nSPS) is 12.1. The van der Waals surface area contributed by atoms with Crippen molar-refractivity contribution in [3.05, 3.63) is 69.5 Å². The number of fused-ring (bicyclic) bond motifs is 1. The summed E-state index contributed by atoms with van der Waals surface area (Å²) in [4.78, 5) is 29.0. The van der Waals surface area contributed by atoms with E-state index in [1.807, 2.05) is 18.2 Å². The number of carbonyl (C=O) groups excluding carboxylic acids is 1. The highest BCUT2D eigenvalue weighted by molar-refractivity contribution is 6.06. The first kappa shape index (κ1) is 21.6. The minimum Gasteiger partial charge on any atom is -0.496 e. The molecule has 0 unspecified atom stereocenters. The first-order valence-electron chi connectivity index (χ1n) is 10.1. The smallest absolute Gasteiger partial charge is 0.261 e. The molecule has 0 aliphatic rings. The van der Waals surface area contributed by atoms with Gasteiger partial charge in [0.1, 0.15) is 11.3 Å². The number of amides is 1. The van der Waals surface area contributed by atoms with Gasteiger partial charge < -0.3 is 15.0 Å². The van der Waals surface area contributed by atoms with Gasteiger partial charge in [-0.1, -0.05) is 53.7 Å². The van der Waals surface area contributed by atoms with Crippen molar-refractivity contribution in [2.75, 3.05) is 12.4 Å². The lowest BCUT2D eigenvalue weighted by Crippen LogP contribution is -2.25. The van der Waals surface area contributed by atoms with Crippen LogP contribution in [0.2, 0.25) is 0 Å². The van der Waals surface area contributed by atoms with Crippen molar-refractivity contribution in [3.8, 4) is 5.75 Å². The fourth-order valence-electron chi connectivity index (χ4n) is 3.58. The number of H-pyrrole nitrogens is 1. The van der Waals surface area contributed by atoms with Crippen LogP contribution in [0.15, 0.2) is 47.4 Å². The van der Waals surface area contributed by atoms with Gasteiger partial charge in [-0.3, -0.25) is 9.59 Å². The zero-order valence-electron chi connectivity index (χ0n) is 18.8. The average molecular weight is 407 g/mol. The number of pyridine rings is 1. The number of rotatable bonds is 3. The summed E-state index contributed by atoms with van der Waals surface area (Å²) in [6.45, 7) is 12.7. The predicted octanol–water partition coefficient (Wildman–Crippen LogP) is 5.38. The lowest BCUT2D eigenvalue weighted by atomic mass is 9.79. The molecule has 2 N–H and O–H groups in total. The SMILES string of the molecule is COc1cc(NC(=O)c2c[nH]c3ccccc3c2=O)c(C(C)(C)C)cc1C(C)(C)C. The molecule has 5 heteroatoms. The van der Waals surface area contributed by atoms with E-state index in [0.29, 0.717) is 22.3 Å². The summed E-state index contributed by atoms with van der Waals surface area (Å²) in [6, 6.07) is 11.1. The summed E-state index contributed by atoms with van der Waals surface area (Å²) < 4.78 is 5.63. The Balaban J connectivity index is 2.11. The summed E-state index contributed by atoms with van der Waals surface area (Å²) in [6.07, 6.45) is 1.47. The zero-order chi connectivity index (χ0) is 22.3. The number of hydrogen-bond acceptors (Lipinski definition) is 3. The molecule has 5 nitrogen and oxygen atoms in total. The molecule has 0 saturated heterocycles. The third-order valence-electron chi connectivity index (χ3n) is 5.24. The quantitative estimate of drug-likeness (QED) is 0.613. The van der Waals surface area contributed by atoms with E-state index in [1.165, 1.54) is 6.20 Å². The molecule has 0 aliphatic carbocycles. The number of nitrogens with one attached hydrogen (secondary N) is 2. The van der Waals surface area contributed by atoms with Crippen molar-refractivity contribution in [1.82, 2.24) is 4.98 Å². The molecule has 0 bridgehead atoms. The van der Waals surface area contributed by atoms with Crippen molar-refractivity contribution in [2.45, 2.75) is 52.4 Å². The van der Waals surface area contributed by atoms with E-state index in [-0.39, 0.29) is 21.8 Å². The predicted molar refractivity (Wildman–Crippen MR) is 123 cm³/mol. The molecule has 1 aromatic heterocycles. The number of hydrogen-bond donors (Lipinski definition) is 2. The van der Waals surface area contributed by atoms with Crippen molar-refractivity contribution < 1.29 is 9.53 Å². The second-order valence-corrected chi connectivity index (χ2v) is 9.63. The molecule has 158 valence electrons. The third-order valence-corrected chi connectivity index (χ3v) is 5.24. The van der Waals surface area contributed by atoms with Crippen LogP contribution in [0.3, 0.4) is 0 Å². The van der Waals surface area contributed by atoms with Crippen molar-refractivity contribution in [3.63, 3.8) is 0 Å².